The highest BCUT2D eigenvalue weighted by Gasteiger charge is 2.28. The van der Waals surface area contributed by atoms with Crippen LogP contribution in [0.3, 0.4) is 0 Å². The quantitative estimate of drug-likeness (QED) is 0.772. The molecule has 1 aromatic carbocycles. The second-order valence-corrected chi connectivity index (χ2v) is 9.29. The summed E-state index contributed by atoms with van der Waals surface area (Å²) in [5, 5.41) is 1.15. The van der Waals surface area contributed by atoms with E-state index in [1.54, 1.807) is 0 Å². The van der Waals surface area contributed by atoms with Gasteiger partial charge in [0, 0.05) is 43.8 Å². The number of hydrogen-bond acceptors (Lipinski definition) is 4. The first-order valence-corrected chi connectivity index (χ1v) is 11.4. The fourth-order valence-electron chi connectivity index (χ4n) is 5.26. The van der Waals surface area contributed by atoms with E-state index in [2.05, 4.69) is 36.6 Å². The number of aryl methyl sites for hydroxylation is 2. The normalized spacial score (nSPS) is 23.8. The summed E-state index contributed by atoms with van der Waals surface area (Å²) in [6.07, 6.45) is 3.29. The number of fused-ring (bicyclic) bond motifs is 1. The van der Waals surface area contributed by atoms with Crippen LogP contribution in [0.15, 0.2) is 24.3 Å². The fourth-order valence-corrected chi connectivity index (χ4v) is 5.26. The molecule has 0 saturated carbocycles. The average Bonchev–Trinajstić information content (AvgIpc) is 2.71. The third kappa shape index (κ3) is 4.68. The minimum Gasteiger partial charge on any atom is -0.373 e. The van der Waals surface area contributed by atoms with Crippen LogP contribution in [0.4, 0.5) is 0 Å². The molecule has 2 aliphatic heterocycles. The summed E-state index contributed by atoms with van der Waals surface area (Å²) in [6.45, 7) is 13.4. The van der Waals surface area contributed by atoms with Crippen LogP contribution in [0.25, 0.3) is 10.9 Å². The van der Waals surface area contributed by atoms with E-state index in [-0.39, 0.29) is 5.91 Å². The van der Waals surface area contributed by atoms with E-state index in [1.165, 1.54) is 5.56 Å². The first-order valence-electron chi connectivity index (χ1n) is 11.4. The lowest BCUT2D eigenvalue weighted by Crippen LogP contribution is -2.48. The molecule has 2 atom stereocenters. The van der Waals surface area contributed by atoms with E-state index in [0.29, 0.717) is 24.5 Å². The summed E-state index contributed by atoms with van der Waals surface area (Å²) in [7, 11) is 0. The summed E-state index contributed by atoms with van der Waals surface area (Å²) in [5.74, 6) is 0.919. The summed E-state index contributed by atoms with van der Waals surface area (Å²) in [5.41, 5.74) is 4.27. The standard InChI is InChI=1S/C25H35N3O2/c1-17-14-27(15-18(2)30-17)16-21-9-11-28(12-10-21)25(29)13-23-19(3)22-7-5-6-8-24(22)26-20(23)4/h5-8,17-18,21H,9-16H2,1-4H3. The van der Waals surface area contributed by atoms with Crippen molar-refractivity contribution in [2.45, 2.75) is 59.2 Å². The van der Waals surface area contributed by atoms with E-state index in [1.807, 2.05) is 25.1 Å². The molecule has 2 aromatic rings. The number of amides is 1. The van der Waals surface area contributed by atoms with Gasteiger partial charge in [0.2, 0.25) is 5.91 Å². The molecule has 4 rings (SSSR count). The predicted molar refractivity (Wildman–Crippen MR) is 121 cm³/mol. The summed E-state index contributed by atoms with van der Waals surface area (Å²) < 4.78 is 5.86. The van der Waals surface area contributed by atoms with Crippen molar-refractivity contribution in [3.8, 4) is 0 Å². The van der Waals surface area contributed by atoms with Crippen LogP contribution >= 0.6 is 0 Å². The van der Waals surface area contributed by atoms with Gasteiger partial charge in [0.25, 0.3) is 0 Å². The van der Waals surface area contributed by atoms with Gasteiger partial charge in [0.1, 0.15) is 0 Å². The molecule has 5 heteroatoms. The Morgan fingerprint density at radius 2 is 1.77 bits per heavy atom. The molecule has 0 radical (unpaired) electrons. The van der Waals surface area contributed by atoms with E-state index in [9.17, 15) is 4.79 Å². The largest absolute Gasteiger partial charge is 0.373 e. The SMILES string of the molecule is Cc1nc2ccccc2c(C)c1CC(=O)N1CCC(CN2CC(C)OC(C)C2)CC1. The minimum absolute atomic E-state index is 0.241. The van der Waals surface area contributed by atoms with Crippen molar-refractivity contribution >= 4 is 16.8 Å². The smallest absolute Gasteiger partial charge is 0.227 e. The molecule has 2 unspecified atom stereocenters. The lowest BCUT2D eigenvalue weighted by Gasteiger charge is -2.39. The Kier molecular flexibility index (Phi) is 6.40. The third-order valence-corrected chi connectivity index (χ3v) is 6.79. The first-order chi connectivity index (χ1) is 14.4. The topological polar surface area (TPSA) is 45.7 Å². The van der Waals surface area contributed by atoms with Crippen molar-refractivity contribution in [1.82, 2.24) is 14.8 Å². The molecular weight excluding hydrogens is 374 g/mol. The molecule has 2 saturated heterocycles. The predicted octanol–water partition coefficient (Wildman–Crippen LogP) is 3.74. The number of pyridine rings is 1. The van der Waals surface area contributed by atoms with Crippen molar-refractivity contribution in [3.63, 3.8) is 0 Å². The molecule has 5 nitrogen and oxygen atoms in total. The van der Waals surface area contributed by atoms with Crippen LogP contribution in [-0.4, -0.2) is 65.6 Å². The summed E-state index contributed by atoms with van der Waals surface area (Å²) in [6, 6.07) is 8.20. The van der Waals surface area contributed by atoms with E-state index in [4.69, 9.17) is 9.72 Å². The highest BCUT2D eigenvalue weighted by atomic mass is 16.5. The molecule has 2 fully saturated rings. The molecule has 162 valence electrons. The maximum absolute atomic E-state index is 13.1. The highest BCUT2D eigenvalue weighted by Crippen LogP contribution is 2.25. The van der Waals surface area contributed by atoms with Crippen LogP contribution in [0.2, 0.25) is 0 Å². The Labute approximate surface area is 180 Å². The van der Waals surface area contributed by atoms with Crippen molar-refractivity contribution in [2.24, 2.45) is 5.92 Å². The van der Waals surface area contributed by atoms with Gasteiger partial charge in [-0.3, -0.25) is 14.7 Å². The van der Waals surface area contributed by atoms with Crippen molar-refractivity contribution < 1.29 is 9.53 Å². The second-order valence-electron chi connectivity index (χ2n) is 9.29. The number of hydrogen-bond donors (Lipinski definition) is 0. The van der Waals surface area contributed by atoms with Crippen LogP contribution < -0.4 is 0 Å². The van der Waals surface area contributed by atoms with Gasteiger partial charge < -0.3 is 9.64 Å². The van der Waals surface area contributed by atoms with Gasteiger partial charge in [-0.05, 0) is 63.6 Å². The zero-order valence-electron chi connectivity index (χ0n) is 18.9. The highest BCUT2D eigenvalue weighted by molar-refractivity contribution is 5.86. The summed E-state index contributed by atoms with van der Waals surface area (Å²) >= 11 is 0. The Morgan fingerprint density at radius 3 is 2.47 bits per heavy atom. The Hall–Kier alpha value is -1.98. The molecule has 3 heterocycles. The fraction of sp³-hybridized carbons (Fsp3) is 0.600. The molecule has 0 N–H and O–H groups in total. The monoisotopic (exact) mass is 409 g/mol. The molecule has 30 heavy (non-hydrogen) atoms. The van der Waals surface area contributed by atoms with E-state index < -0.39 is 0 Å². The maximum atomic E-state index is 13.1. The number of carbonyl (C=O) groups is 1. The van der Waals surface area contributed by atoms with Gasteiger partial charge in [0.15, 0.2) is 0 Å². The maximum Gasteiger partial charge on any atom is 0.227 e. The van der Waals surface area contributed by atoms with Crippen molar-refractivity contribution in [3.05, 3.63) is 41.1 Å². The van der Waals surface area contributed by atoms with Crippen LogP contribution in [0.1, 0.15) is 43.5 Å². The van der Waals surface area contributed by atoms with Gasteiger partial charge in [-0.1, -0.05) is 18.2 Å². The van der Waals surface area contributed by atoms with Gasteiger partial charge >= 0.3 is 0 Å². The van der Waals surface area contributed by atoms with Crippen molar-refractivity contribution in [2.75, 3.05) is 32.7 Å². The molecule has 0 spiro atoms. The first kappa shape index (κ1) is 21.3. The lowest BCUT2D eigenvalue weighted by atomic mass is 9.94. The lowest BCUT2D eigenvalue weighted by molar-refractivity contribution is -0.132. The molecule has 0 bridgehead atoms. The average molecular weight is 410 g/mol. The number of aromatic nitrogens is 1. The van der Waals surface area contributed by atoms with E-state index >= 15 is 0 Å². The minimum atomic E-state index is 0.241. The molecular formula is C25H35N3O2. The number of carbonyl (C=O) groups excluding carboxylic acids is 1. The van der Waals surface area contributed by atoms with Crippen LogP contribution in [-0.2, 0) is 16.0 Å². The van der Waals surface area contributed by atoms with Gasteiger partial charge in [0.05, 0.1) is 24.1 Å². The Balaban J connectivity index is 1.34. The summed E-state index contributed by atoms with van der Waals surface area (Å²) in [4.78, 5) is 22.4. The Bertz CT molecular complexity index is 895. The van der Waals surface area contributed by atoms with E-state index in [0.717, 1.165) is 67.7 Å². The molecule has 1 amide bonds. The number of rotatable bonds is 4. The number of morpholine rings is 1. The third-order valence-electron chi connectivity index (χ3n) is 6.79. The van der Waals surface area contributed by atoms with Crippen molar-refractivity contribution in [1.29, 1.82) is 0 Å². The number of para-hydroxylation sites is 1. The number of ether oxygens (including phenoxy) is 1. The number of benzene rings is 1. The molecule has 1 aromatic heterocycles. The van der Waals surface area contributed by atoms with Gasteiger partial charge in [-0.25, -0.2) is 0 Å². The number of likely N-dealkylation sites (tertiary alicyclic amines) is 1. The van der Waals surface area contributed by atoms with Gasteiger partial charge in [-0.2, -0.15) is 0 Å². The number of piperidine rings is 1. The molecule has 0 aliphatic carbocycles. The number of nitrogens with zero attached hydrogens (tertiary/aromatic N) is 3. The Morgan fingerprint density at radius 1 is 1.10 bits per heavy atom. The van der Waals surface area contributed by atoms with Gasteiger partial charge in [-0.15, -0.1) is 0 Å². The van der Waals surface area contributed by atoms with Crippen LogP contribution in [0.5, 0.6) is 0 Å². The zero-order chi connectivity index (χ0) is 21.3. The second kappa shape index (κ2) is 9.03. The molecule has 2 aliphatic rings. The van der Waals surface area contributed by atoms with Crippen LogP contribution in [0, 0.1) is 19.8 Å². The zero-order valence-corrected chi connectivity index (χ0v) is 18.9.